The fraction of sp³-hybridized carbons (Fsp3) is 0.848. The van der Waals surface area contributed by atoms with E-state index < -0.39 is 43.4 Å². The lowest BCUT2D eigenvalue weighted by Crippen LogP contribution is -2.59. The molecular formula is C46H84O9. The molecule has 1 aliphatic heterocycles. The molecule has 0 radical (unpaired) electrons. The van der Waals surface area contributed by atoms with Crippen molar-refractivity contribution in [3.8, 4) is 0 Å². The summed E-state index contributed by atoms with van der Waals surface area (Å²) in [6.07, 6.45) is 37.4. The van der Waals surface area contributed by atoms with Gasteiger partial charge in [-0.25, -0.2) is 0 Å². The molecular weight excluding hydrogens is 696 g/mol. The monoisotopic (exact) mass is 781 g/mol. The molecule has 322 valence electrons. The Morgan fingerprint density at radius 1 is 0.600 bits per heavy atom. The van der Waals surface area contributed by atoms with Crippen LogP contribution in [0.4, 0.5) is 0 Å². The molecule has 0 spiro atoms. The highest BCUT2D eigenvalue weighted by Gasteiger charge is 2.44. The van der Waals surface area contributed by atoms with Gasteiger partial charge in [-0.05, 0) is 44.9 Å². The molecule has 6 unspecified atom stereocenters. The standard InChI is InChI=1S/C46H84O9/c1-3-5-7-9-11-13-15-17-19-20-22-24-26-28-30-32-34-36-52-38-40(39-53-46-45(51)44(50)43(49)41(37-47)55-46)54-42(48)35-33-31-29-27-25-23-21-18-16-14-12-10-8-6-4-2/h6,8,12,14,18,21,40-41,43-47,49-51H,3-5,7,9-11,13,15-17,19-20,22-39H2,1-2H3/b8-6-,14-12-,21-18-. The summed E-state index contributed by atoms with van der Waals surface area (Å²) >= 11 is 0. The first-order chi connectivity index (χ1) is 26.9. The maximum Gasteiger partial charge on any atom is 0.306 e. The number of ether oxygens (including phenoxy) is 4. The van der Waals surface area contributed by atoms with Gasteiger partial charge in [0.2, 0.25) is 0 Å². The van der Waals surface area contributed by atoms with Crippen molar-refractivity contribution in [2.24, 2.45) is 0 Å². The highest BCUT2D eigenvalue weighted by atomic mass is 16.7. The Morgan fingerprint density at radius 3 is 1.67 bits per heavy atom. The molecule has 1 rings (SSSR count). The van der Waals surface area contributed by atoms with Gasteiger partial charge < -0.3 is 39.4 Å². The molecule has 4 N–H and O–H groups in total. The van der Waals surface area contributed by atoms with Gasteiger partial charge in [-0.1, -0.05) is 172 Å². The van der Waals surface area contributed by atoms with Gasteiger partial charge in [0.15, 0.2) is 6.29 Å². The fourth-order valence-corrected chi connectivity index (χ4v) is 6.80. The van der Waals surface area contributed by atoms with Gasteiger partial charge in [-0.2, -0.15) is 0 Å². The van der Waals surface area contributed by atoms with Gasteiger partial charge in [-0.15, -0.1) is 0 Å². The van der Waals surface area contributed by atoms with Gasteiger partial charge in [-0.3, -0.25) is 4.79 Å². The van der Waals surface area contributed by atoms with Crippen molar-refractivity contribution in [3.05, 3.63) is 36.5 Å². The first-order valence-corrected chi connectivity index (χ1v) is 22.6. The Labute approximate surface area is 336 Å². The zero-order valence-corrected chi connectivity index (χ0v) is 35.2. The van der Waals surface area contributed by atoms with Crippen molar-refractivity contribution in [3.63, 3.8) is 0 Å². The summed E-state index contributed by atoms with van der Waals surface area (Å²) in [5, 5.41) is 40.1. The maximum absolute atomic E-state index is 12.8. The summed E-state index contributed by atoms with van der Waals surface area (Å²) in [4.78, 5) is 12.8. The second-order valence-corrected chi connectivity index (χ2v) is 15.5. The number of hydrogen-bond donors (Lipinski definition) is 4. The molecule has 0 aliphatic carbocycles. The van der Waals surface area contributed by atoms with E-state index in [0.29, 0.717) is 13.0 Å². The molecule has 0 amide bonds. The second kappa shape index (κ2) is 38.0. The molecule has 1 aliphatic rings. The van der Waals surface area contributed by atoms with Crippen molar-refractivity contribution >= 4 is 5.97 Å². The van der Waals surface area contributed by atoms with E-state index in [1.54, 1.807) is 0 Å². The maximum atomic E-state index is 12.8. The number of allylic oxidation sites excluding steroid dienone is 6. The van der Waals surface area contributed by atoms with E-state index in [9.17, 15) is 25.2 Å². The topological polar surface area (TPSA) is 135 Å². The first kappa shape index (κ1) is 51.4. The summed E-state index contributed by atoms with van der Waals surface area (Å²) in [6, 6.07) is 0. The van der Waals surface area contributed by atoms with E-state index in [0.717, 1.165) is 70.6 Å². The molecule has 0 saturated carbocycles. The number of carbonyl (C=O) groups is 1. The van der Waals surface area contributed by atoms with Crippen LogP contribution in [-0.2, 0) is 23.7 Å². The van der Waals surface area contributed by atoms with Crippen molar-refractivity contribution in [2.45, 2.75) is 224 Å². The molecule has 6 atom stereocenters. The summed E-state index contributed by atoms with van der Waals surface area (Å²) in [5.74, 6) is -0.329. The van der Waals surface area contributed by atoms with E-state index in [2.05, 4.69) is 50.3 Å². The van der Waals surface area contributed by atoms with Gasteiger partial charge in [0.25, 0.3) is 0 Å². The van der Waals surface area contributed by atoms with Crippen LogP contribution in [0.3, 0.4) is 0 Å². The van der Waals surface area contributed by atoms with Crippen LogP contribution in [0.15, 0.2) is 36.5 Å². The minimum absolute atomic E-state index is 0.118. The summed E-state index contributed by atoms with van der Waals surface area (Å²) in [5.41, 5.74) is 0. The molecule has 1 fully saturated rings. The Morgan fingerprint density at radius 2 is 1.11 bits per heavy atom. The number of aliphatic hydroxyl groups is 4. The third-order valence-corrected chi connectivity index (χ3v) is 10.3. The van der Waals surface area contributed by atoms with Crippen molar-refractivity contribution < 1.29 is 44.2 Å². The summed E-state index contributed by atoms with van der Waals surface area (Å²) < 4.78 is 22.8. The highest BCUT2D eigenvalue weighted by molar-refractivity contribution is 5.69. The zero-order valence-electron chi connectivity index (χ0n) is 35.2. The van der Waals surface area contributed by atoms with Crippen LogP contribution in [0, 0.1) is 0 Å². The molecule has 1 saturated heterocycles. The molecule has 9 heteroatoms. The van der Waals surface area contributed by atoms with Crippen LogP contribution in [0.25, 0.3) is 0 Å². The third-order valence-electron chi connectivity index (χ3n) is 10.3. The lowest BCUT2D eigenvalue weighted by Gasteiger charge is -2.39. The highest BCUT2D eigenvalue weighted by Crippen LogP contribution is 2.22. The van der Waals surface area contributed by atoms with Gasteiger partial charge in [0, 0.05) is 13.0 Å². The Kier molecular flexibility index (Phi) is 35.5. The normalized spacial score (nSPS) is 21.0. The van der Waals surface area contributed by atoms with Gasteiger partial charge in [0.1, 0.15) is 30.5 Å². The smallest absolute Gasteiger partial charge is 0.306 e. The SMILES string of the molecule is CC/C=C\C/C=C\C/C=C\CCCCCCCC(=O)OC(COCCCCCCCCCCCCCCCCCCC)COC1OC(CO)C(O)C(O)C1O. The van der Waals surface area contributed by atoms with Gasteiger partial charge >= 0.3 is 5.97 Å². The fourth-order valence-electron chi connectivity index (χ4n) is 6.80. The average molecular weight is 781 g/mol. The van der Waals surface area contributed by atoms with Crippen LogP contribution in [-0.4, -0.2) is 89.6 Å². The van der Waals surface area contributed by atoms with E-state index >= 15 is 0 Å². The molecule has 0 aromatic heterocycles. The van der Waals surface area contributed by atoms with Crippen LogP contribution in [0.5, 0.6) is 0 Å². The van der Waals surface area contributed by atoms with E-state index in [-0.39, 0.29) is 19.2 Å². The lowest BCUT2D eigenvalue weighted by molar-refractivity contribution is -0.305. The minimum atomic E-state index is -1.54. The summed E-state index contributed by atoms with van der Waals surface area (Å²) in [6.45, 7) is 4.44. The molecule has 9 nitrogen and oxygen atoms in total. The van der Waals surface area contributed by atoms with Crippen molar-refractivity contribution in [1.82, 2.24) is 0 Å². The molecule has 0 bridgehead atoms. The van der Waals surface area contributed by atoms with Crippen LogP contribution < -0.4 is 0 Å². The van der Waals surface area contributed by atoms with Crippen LogP contribution >= 0.6 is 0 Å². The average Bonchev–Trinajstić information content (AvgIpc) is 3.18. The number of esters is 1. The molecule has 55 heavy (non-hydrogen) atoms. The summed E-state index contributed by atoms with van der Waals surface area (Å²) in [7, 11) is 0. The molecule has 0 aromatic carbocycles. The predicted molar refractivity (Wildman–Crippen MR) is 224 cm³/mol. The first-order valence-electron chi connectivity index (χ1n) is 22.6. The van der Waals surface area contributed by atoms with Gasteiger partial charge in [0.05, 0.1) is 19.8 Å². The van der Waals surface area contributed by atoms with E-state index in [1.165, 1.54) is 96.3 Å². The number of rotatable bonds is 38. The van der Waals surface area contributed by atoms with Crippen LogP contribution in [0.2, 0.25) is 0 Å². The third kappa shape index (κ3) is 29.3. The minimum Gasteiger partial charge on any atom is -0.457 e. The van der Waals surface area contributed by atoms with Crippen molar-refractivity contribution in [2.75, 3.05) is 26.4 Å². The lowest BCUT2D eigenvalue weighted by atomic mass is 9.99. The second-order valence-electron chi connectivity index (χ2n) is 15.5. The zero-order chi connectivity index (χ0) is 40.0. The van der Waals surface area contributed by atoms with Crippen molar-refractivity contribution in [1.29, 1.82) is 0 Å². The largest absolute Gasteiger partial charge is 0.457 e. The molecule has 0 aromatic rings. The number of carbonyl (C=O) groups excluding carboxylic acids is 1. The quantitative estimate of drug-likeness (QED) is 0.0274. The Hall–Kier alpha value is -1.59. The Balaban J connectivity index is 2.26. The van der Waals surface area contributed by atoms with E-state index in [1.807, 2.05) is 0 Å². The number of unbranched alkanes of at least 4 members (excludes halogenated alkanes) is 21. The Bertz CT molecular complexity index is 936. The predicted octanol–water partition coefficient (Wildman–Crippen LogP) is 9.97. The number of hydrogen-bond acceptors (Lipinski definition) is 9. The van der Waals surface area contributed by atoms with E-state index in [4.69, 9.17) is 18.9 Å². The number of aliphatic hydroxyl groups excluding tert-OH is 4. The molecule has 1 heterocycles. The van der Waals surface area contributed by atoms with Crippen LogP contribution in [0.1, 0.15) is 187 Å².